The molecule has 0 aromatic heterocycles. The Kier molecular flexibility index (Phi) is 5.11. The van der Waals surface area contributed by atoms with E-state index in [0.717, 1.165) is 23.8 Å². The molecule has 2 rings (SSSR count). The van der Waals surface area contributed by atoms with Crippen molar-refractivity contribution in [1.82, 2.24) is 15.8 Å². The standard InChI is InChI=1S/C17H24N4O3/c1-5-17(4)15(23)21(16(24)18-17)19-14(22)12-8-10-13(11-9-12)20(6-2)7-3/h8-11H,5-7H2,1-4H3,(H,18,24)(H,19,22). The third-order valence-corrected chi connectivity index (χ3v) is 4.44. The van der Waals surface area contributed by atoms with Gasteiger partial charge in [-0.25, -0.2) is 4.79 Å². The van der Waals surface area contributed by atoms with Crippen LogP contribution < -0.4 is 15.6 Å². The average molecular weight is 332 g/mol. The molecule has 4 amide bonds. The van der Waals surface area contributed by atoms with Crippen LogP contribution in [0.5, 0.6) is 0 Å². The predicted octanol–water partition coefficient (Wildman–Crippen LogP) is 1.90. The second-order valence-corrected chi connectivity index (χ2v) is 5.92. The number of hydrogen-bond donors (Lipinski definition) is 2. The quantitative estimate of drug-likeness (QED) is 0.780. The molecule has 2 N–H and O–H groups in total. The molecule has 0 bridgehead atoms. The van der Waals surface area contributed by atoms with Gasteiger partial charge in [0, 0.05) is 24.3 Å². The number of amides is 4. The van der Waals surface area contributed by atoms with Crippen LogP contribution in [0.4, 0.5) is 10.5 Å². The van der Waals surface area contributed by atoms with Gasteiger partial charge in [-0.15, -0.1) is 0 Å². The van der Waals surface area contributed by atoms with Gasteiger partial charge in [-0.3, -0.25) is 15.0 Å². The summed E-state index contributed by atoms with van der Waals surface area (Å²) in [6.07, 6.45) is 0.447. The molecule has 0 aliphatic carbocycles. The zero-order chi connectivity index (χ0) is 17.9. The largest absolute Gasteiger partial charge is 0.372 e. The fourth-order valence-electron chi connectivity index (χ4n) is 2.60. The van der Waals surface area contributed by atoms with E-state index in [2.05, 4.69) is 29.5 Å². The van der Waals surface area contributed by atoms with Crippen LogP contribution in [0.2, 0.25) is 0 Å². The van der Waals surface area contributed by atoms with Crippen LogP contribution >= 0.6 is 0 Å². The maximum absolute atomic E-state index is 12.3. The summed E-state index contributed by atoms with van der Waals surface area (Å²) in [4.78, 5) is 38.7. The molecule has 7 heteroatoms. The van der Waals surface area contributed by atoms with E-state index >= 15 is 0 Å². The molecule has 7 nitrogen and oxygen atoms in total. The first-order valence-corrected chi connectivity index (χ1v) is 8.19. The topological polar surface area (TPSA) is 81.8 Å². The third-order valence-electron chi connectivity index (χ3n) is 4.44. The van der Waals surface area contributed by atoms with Gasteiger partial charge in [0.15, 0.2) is 0 Å². The summed E-state index contributed by atoms with van der Waals surface area (Å²) in [7, 11) is 0. The third kappa shape index (κ3) is 3.20. The highest BCUT2D eigenvalue weighted by Crippen LogP contribution is 2.20. The number of carbonyl (C=O) groups excluding carboxylic acids is 3. The van der Waals surface area contributed by atoms with Crippen LogP contribution in [-0.4, -0.2) is 41.5 Å². The first-order chi connectivity index (χ1) is 11.4. The lowest BCUT2D eigenvalue weighted by atomic mass is 10.00. The van der Waals surface area contributed by atoms with Crippen molar-refractivity contribution >= 4 is 23.5 Å². The molecule has 1 aromatic rings. The number of rotatable bonds is 6. The smallest absolute Gasteiger partial charge is 0.344 e. The number of benzene rings is 1. The summed E-state index contributed by atoms with van der Waals surface area (Å²) in [5.74, 6) is -0.951. The summed E-state index contributed by atoms with van der Waals surface area (Å²) in [5, 5.41) is 3.35. The molecule has 1 atom stereocenters. The number of imide groups is 1. The van der Waals surface area contributed by atoms with Crippen LogP contribution in [0, 0.1) is 0 Å². The van der Waals surface area contributed by atoms with Crippen molar-refractivity contribution in [1.29, 1.82) is 0 Å². The number of carbonyl (C=O) groups is 3. The lowest BCUT2D eigenvalue weighted by Crippen LogP contribution is -2.48. The maximum Gasteiger partial charge on any atom is 0.344 e. The molecule has 1 aliphatic heterocycles. The summed E-state index contributed by atoms with van der Waals surface area (Å²) in [6, 6.07) is 6.45. The zero-order valence-corrected chi connectivity index (χ0v) is 14.5. The molecule has 1 fully saturated rings. The van der Waals surface area contributed by atoms with Gasteiger partial charge in [0.1, 0.15) is 5.54 Å². The van der Waals surface area contributed by atoms with Crippen LogP contribution in [-0.2, 0) is 4.79 Å². The summed E-state index contributed by atoms with van der Waals surface area (Å²) in [5.41, 5.74) is 2.81. The predicted molar refractivity (Wildman–Crippen MR) is 91.5 cm³/mol. The first-order valence-electron chi connectivity index (χ1n) is 8.19. The molecule has 1 aromatic carbocycles. The molecular weight excluding hydrogens is 308 g/mol. The second-order valence-electron chi connectivity index (χ2n) is 5.92. The van der Waals surface area contributed by atoms with Crippen molar-refractivity contribution in [2.45, 2.75) is 39.7 Å². The van der Waals surface area contributed by atoms with E-state index < -0.39 is 23.4 Å². The van der Waals surface area contributed by atoms with Gasteiger partial charge in [-0.1, -0.05) is 6.92 Å². The minimum atomic E-state index is -0.975. The Morgan fingerprint density at radius 1 is 1.17 bits per heavy atom. The van der Waals surface area contributed by atoms with Gasteiger partial charge in [0.25, 0.3) is 11.8 Å². The van der Waals surface area contributed by atoms with E-state index in [4.69, 9.17) is 0 Å². The molecular formula is C17H24N4O3. The molecule has 130 valence electrons. The Morgan fingerprint density at radius 2 is 1.75 bits per heavy atom. The van der Waals surface area contributed by atoms with Crippen LogP contribution in [0.25, 0.3) is 0 Å². The minimum absolute atomic E-state index is 0.386. The van der Waals surface area contributed by atoms with Gasteiger partial charge in [-0.05, 0) is 51.5 Å². The van der Waals surface area contributed by atoms with Gasteiger partial charge >= 0.3 is 6.03 Å². The number of nitrogens with one attached hydrogen (secondary N) is 2. The van der Waals surface area contributed by atoms with E-state index in [1.165, 1.54) is 0 Å². The Bertz CT molecular complexity index is 640. The molecule has 0 saturated carbocycles. The molecule has 1 heterocycles. The minimum Gasteiger partial charge on any atom is -0.372 e. The SMILES string of the molecule is CCN(CC)c1ccc(C(=O)NN2C(=O)NC(C)(CC)C2=O)cc1. The van der Waals surface area contributed by atoms with Gasteiger partial charge < -0.3 is 10.2 Å². The van der Waals surface area contributed by atoms with E-state index in [1.54, 1.807) is 26.0 Å². The highest BCUT2D eigenvalue weighted by molar-refractivity contribution is 6.09. The molecule has 1 aliphatic rings. The number of hydrogen-bond acceptors (Lipinski definition) is 4. The molecule has 1 unspecified atom stereocenters. The molecule has 0 radical (unpaired) electrons. The van der Waals surface area contributed by atoms with Gasteiger partial charge in [0.05, 0.1) is 0 Å². The van der Waals surface area contributed by atoms with E-state index in [-0.39, 0.29) is 0 Å². The fourth-order valence-corrected chi connectivity index (χ4v) is 2.60. The monoisotopic (exact) mass is 332 g/mol. The number of hydrazine groups is 1. The van der Waals surface area contributed by atoms with Crippen molar-refractivity contribution in [3.63, 3.8) is 0 Å². The normalized spacial score (nSPS) is 20.1. The molecule has 1 saturated heterocycles. The van der Waals surface area contributed by atoms with E-state index in [0.29, 0.717) is 12.0 Å². The Balaban J connectivity index is 2.10. The highest BCUT2D eigenvalue weighted by atomic mass is 16.2. The van der Waals surface area contributed by atoms with Crippen molar-refractivity contribution < 1.29 is 14.4 Å². The summed E-state index contributed by atoms with van der Waals surface area (Å²) in [6.45, 7) is 9.31. The van der Waals surface area contributed by atoms with Crippen LogP contribution in [0.15, 0.2) is 24.3 Å². The maximum atomic E-state index is 12.3. The van der Waals surface area contributed by atoms with E-state index in [9.17, 15) is 14.4 Å². The fraction of sp³-hybridized carbons (Fsp3) is 0.471. The van der Waals surface area contributed by atoms with Crippen molar-refractivity contribution in [3.8, 4) is 0 Å². The van der Waals surface area contributed by atoms with Gasteiger partial charge in [0.2, 0.25) is 0 Å². The molecule has 24 heavy (non-hydrogen) atoms. The van der Waals surface area contributed by atoms with Gasteiger partial charge in [-0.2, -0.15) is 5.01 Å². The summed E-state index contributed by atoms with van der Waals surface area (Å²) < 4.78 is 0. The number of anilines is 1. The van der Waals surface area contributed by atoms with Crippen molar-refractivity contribution in [3.05, 3.63) is 29.8 Å². The lowest BCUT2D eigenvalue weighted by Gasteiger charge is -2.21. The lowest BCUT2D eigenvalue weighted by molar-refractivity contribution is -0.132. The Labute approximate surface area is 142 Å². The van der Waals surface area contributed by atoms with Crippen LogP contribution in [0.3, 0.4) is 0 Å². The number of nitrogens with zero attached hydrogens (tertiary/aromatic N) is 2. The molecule has 0 spiro atoms. The van der Waals surface area contributed by atoms with E-state index in [1.807, 2.05) is 12.1 Å². The van der Waals surface area contributed by atoms with Crippen molar-refractivity contribution in [2.24, 2.45) is 0 Å². The second kappa shape index (κ2) is 6.90. The zero-order valence-electron chi connectivity index (χ0n) is 14.5. The Morgan fingerprint density at radius 3 is 2.21 bits per heavy atom. The first kappa shape index (κ1) is 17.8. The van der Waals surface area contributed by atoms with Crippen molar-refractivity contribution in [2.75, 3.05) is 18.0 Å². The number of urea groups is 1. The highest BCUT2D eigenvalue weighted by Gasteiger charge is 2.47. The summed E-state index contributed by atoms with van der Waals surface area (Å²) >= 11 is 0. The Hall–Kier alpha value is -2.57. The van der Waals surface area contributed by atoms with Crippen LogP contribution in [0.1, 0.15) is 44.5 Å². The average Bonchev–Trinajstić information content (AvgIpc) is 2.80.